The van der Waals surface area contributed by atoms with Crippen LogP contribution in [0.2, 0.25) is 0 Å². The highest BCUT2D eigenvalue weighted by atomic mass is 19.3. The number of rotatable bonds is 4. The highest BCUT2D eigenvalue weighted by Crippen LogP contribution is 2.19. The van der Waals surface area contributed by atoms with Gasteiger partial charge in [0.1, 0.15) is 0 Å². The zero-order valence-electron chi connectivity index (χ0n) is 8.04. The number of H-pyrrole nitrogens is 1. The second-order valence-corrected chi connectivity index (χ2v) is 3.09. The number of hydrogen-bond donors (Lipinski definition) is 2. The second kappa shape index (κ2) is 4.35. The molecule has 7 heteroatoms. The molecule has 0 radical (unpaired) electrons. The van der Waals surface area contributed by atoms with Gasteiger partial charge >= 0.3 is 5.97 Å². The van der Waals surface area contributed by atoms with Crippen LogP contribution in [0, 0.1) is 0 Å². The summed E-state index contributed by atoms with van der Waals surface area (Å²) in [5.41, 5.74) is 3.33. The average Bonchev–Trinajstić information content (AvgIpc) is 2.68. The van der Waals surface area contributed by atoms with Crippen LogP contribution in [-0.4, -0.2) is 35.0 Å². The average molecular weight is 219 g/mol. The van der Waals surface area contributed by atoms with Crippen LogP contribution in [0.4, 0.5) is 8.78 Å². The Labute approximate surface area is 84.6 Å². The number of nitrogens with zero attached hydrogens (tertiary/aromatic N) is 1. The van der Waals surface area contributed by atoms with Crippen molar-refractivity contribution in [2.24, 2.45) is 5.73 Å². The molecule has 0 aliphatic carbocycles. The molecule has 3 N–H and O–H groups in total. The molecule has 0 spiro atoms. The third-order valence-electron chi connectivity index (χ3n) is 1.99. The Hall–Kier alpha value is -1.50. The summed E-state index contributed by atoms with van der Waals surface area (Å²) < 4.78 is 29.6. The van der Waals surface area contributed by atoms with E-state index in [-0.39, 0.29) is 6.42 Å². The Balaban J connectivity index is 2.87. The van der Waals surface area contributed by atoms with Crippen LogP contribution in [-0.2, 0) is 16.0 Å². The van der Waals surface area contributed by atoms with Crippen molar-refractivity contribution in [2.75, 3.05) is 7.11 Å². The Morgan fingerprint density at radius 3 is 2.87 bits per heavy atom. The minimum absolute atomic E-state index is 0.350. The number of methoxy groups -OCH3 is 1. The lowest BCUT2D eigenvalue weighted by Gasteiger charge is -2.24. The van der Waals surface area contributed by atoms with Crippen LogP contribution in [0.1, 0.15) is 5.69 Å². The first kappa shape index (κ1) is 11.6. The maximum atomic E-state index is 12.7. The van der Waals surface area contributed by atoms with E-state index in [1.807, 2.05) is 0 Å². The van der Waals surface area contributed by atoms with Crippen molar-refractivity contribution in [2.45, 2.75) is 18.4 Å². The summed E-state index contributed by atoms with van der Waals surface area (Å²) in [5, 5.41) is 0. The number of esters is 1. The molecule has 1 unspecified atom stereocenters. The Kier molecular flexibility index (Phi) is 3.35. The number of carbonyl (C=O) groups is 1. The molecule has 0 aliphatic rings. The third kappa shape index (κ3) is 2.30. The largest absolute Gasteiger partial charge is 0.467 e. The Bertz CT molecular complexity index is 329. The quantitative estimate of drug-likeness (QED) is 0.703. The summed E-state index contributed by atoms with van der Waals surface area (Å²) in [6, 6.07) is 0. The molecule has 0 saturated carbocycles. The smallest absolute Gasteiger partial charge is 0.332 e. The van der Waals surface area contributed by atoms with Crippen molar-refractivity contribution in [1.29, 1.82) is 0 Å². The number of hydrogen-bond acceptors (Lipinski definition) is 4. The molecule has 0 fully saturated rings. The fraction of sp³-hybridized carbons (Fsp3) is 0.500. The zero-order chi connectivity index (χ0) is 11.5. The number of nitrogens with two attached hydrogens (primary N) is 1. The Morgan fingerprint density at radius 2 is 2.47 bits per heavy atom. The number of imidazole rings is 1. The SMILES string of the molecule is COC(=O)C(N)(Cc1cnc[nH]1)C(F)F. The van der Waals surface area contributed by atoms with Gasteiger partial charge in [-0.2, -0.15) is 0 Å². The maximum absolute atomic E-state index is 12.7. The molecule has 0 saturated heterocycles. The van der Waals surface area contributed by atoms with Crippen LogP contribution in [0.15, 0.2) is 12.5 Å². The van der Waals surface area contributed by atoms with Gasteiger partial charge in [0, 0.05) is 18.3 Å². The molecular weight excluding hydrogens is 208 g/mol. The molecule has 0 amide bonds. The van der Waals surface area contributed by atoms with Crippen molar-refractivity contribution >= 4 is 5.97 Å². The molecule has 0 aliphatic heterocycles. The van der Waals surface area contributed by atoms with Crippen LogP contribution < -0.4 is 5.73 Å². The standard InChI is InChI=1S/C8H11F2N3O2/c1-15-7(14)8(11,6(9)10)2-5-3-12-4-13-5/h3-4,6H,2,11H2,1H3,(H,12,13). The zero-order valence-corrected chi connectivity index (χ0v) is 8.04. The number of aromatic nitrogens is 2. The van der Waals surface area contributed by atoms with Crippen LogP contribution in [0.3, 0.4) is 0 Å². The molecule has 1 atom stereocenters. The fourth-order valence-electron chi connectivity index (χ4n) is 1.12. The highest BCUT2D eigenvalue weighted by Gasteiger charge is 2.45. The summed E-state index contributed by atoms with van der Waals surface area (Å²) in [6.45, 7) is 0. The molecular formula is C8H11F2N3O2. The first-order valence-corrected chi connectivity index (χ1v) is 4.13. The lowest BCUT2D eigenvalue weighted by Crippen LogP contribution is -2.56. The van der Waals surface area contributed by atoms with Gasteiger partial charge in [0.15, 0.2) is 5.54 Å². The molecule has 0 bridgehead atoms. The molecule has 1 aromatic rings. The number of alkyl halides is 2. The maximum Gasteiger partial charge on any atom is 0.332 e. The normalized spacial score (nSPS) is 15.0. The van der Waals surface area contributed by atoms with Crippen molar-refractivity contribution < 1.29 is 18.3 Å². The number of ether oxygens (including phenoxy) is 1. The number of nitrogens with one attached hydrogen (secondary N) is 1. The highest BCUT2D eigenvalue weighted by molar-refractivity contribution is 5.81. The number of carbonyl (C=O) groups excluding carboxylic acids is 1. The van der Waals surface area contributed by atoms with Crippen LogP contribution in [0.25, 0.3) is 0 Å². The van der Waals surface area contributed by atoms with Crippen LogP contribution >= 0.6 is 0 Å². The van der Waals surface area contributed by atoms with Gasteiger partial charge in [-0.1, -0.05) is 0 Å². The molecule has 5 nitrogen and oxygen atoms in total. The minimum atomic E-state index is -3.01. The number of aromatic amines is 1. The molecule has 84 valence electrons. The van der Waals surface area contributed by atoms with E-state index in [0.29, 0.717) is 5.69 Å². The first-order chi connectivity index (χ1) is 7.00. The summed E-state index contributed by atoms with van der Waals surface area (Å²) in [4.78, 5) is 17.4. The van der Waals surface area contributed by atoms with E-state index in [1.165, 1.54) is 12.5 Å². The van der Waals surface area contributed by atoms with Crippen molar-refractivity contribution in [3.8, 4) is 0 Å². The first-order valence-electron chi connectivity index (χ1n) is 4.13. The summed E-state index contributed by atoms with van der Waals surface area (Å²) in [7, 11) is 1.01. The molecule has 15 heavy (non-hydrogen) atoms. The molecule has 1 aromatic heterocycles. The lowest BCUT2D eigenvalue weighted by atomic mass is 9.95. The van der Waals surface area contributed by atoms with Gasteiger partial charge in [0.05, 0.1) is 13.4 Å². The van der Waals surface area contributed by atoms with Gasteiger partial charge in [0.25, 0.3) is 6.43 Å². The van der Waals surface area contributed by atoms with Crippen LogP contribution in [0.5, 0.6) is 0 Å². The van der Waals surface area contributed by atoms with E-state index in [1.54, 1.807) is 0 Å². The molecule has 1 rings (SSSR count). The second-order valence-electron chi connectivity index (χ2n) is 3.09. The number of halogens is 2. The Morgan fingerprint density at radius 1 is 1.80 bits per heavy atom. The lowest BCUT2D eigenvalue weighted by molar-refractivity contribution is -0.153. The van der Waals surface area contributed by atoms with Crippen molar-refractivity contribution in [1.82, 2.24) is 9.97 Å². The monoisotopic (exact) mass is 219 g/mol. The predicted molar refractivity (Wildman–Crippen MR) is 47.2 cm³/mol. The van der Waals surface area contributed by atoms with Gasteiger partial charge in [-0.3, -0.25) is 0 Å². The summed E-state index contributed by atoms with van der Waals surface area (Å²) >= 11 is 0. The van der Waals surface area contributed by atoms with Gasteiger partial charge in [0.2, 0.25) is 0 Å². The topological polar surface area (TPSA) is 81.0 Å². The van der Waals surface area contributed by atoms with E-state index < -0.39 is 17.9 Å². The van der Waals surface area contributed by atoms with Gasteiger partial charge in [-0.05, 0) is 0 Å². The minimum Gasteiger partial charge on any atom is -0.467 e. The summed E-state index contributed by atoms with van der Waals surface area (Å²) in [6.07, 6.45) is -0.712. The fourth-order valence-corrected chi connectivity index (χ4v) is 1.12. The van der Waals surface area contributed by atoms with Gasteiger partial charge in [-0.25, -0.2) is 18.6 Å². The van der Waals surface area contributed by atoms with Crippen molar-refractivity contribution in [3.63, 3.8) is 0 Å². The molecule has 1 heterocycles. The third-order valence-corrected chi connectivity index (χ3v) is 1.99. The van der Waals surface area contributed by atoms with E-state index in [4.69, 9.17) is 5.73 Å². The van der Waals surface area contributed by atoms with E-state index in [0.717, 1.165) is 7.11 Å². The van der Waals surface area contributed by atoms with E-state index >= 15 is 0 Å². The van der Waals surface area contributed by atoms with Gasteiger partial charge < -0.3 is 15.5 Å². The predicted octanol–water partition coefficient (Wildman–Crippen LogP) is 0.0878. The van der Waals surface area contributed by atoms with Crippen molar-refractivity contribution in [3.05, 3.63) is 18.2 Å². The van der Waals surface area contributed by atoms with E-state index in [2.05, 4.69) is 14.7 Å². The molecule has 0 aromatic carbocycles. The van der Waals surface area contributed by atoms with Gasteiger partial charge in [-0.15, -0.1) is 0 Å². The summed E-state index contributed by atoms with van der Waals surface area (Å²) in [5.74, 6) is -1.15. The van der Waals surface area contributed by atoms with E-state index in [9.17, 15) is 13.6 Å².